The lowest BCUT2D eigenvalue weighted by atomic mass is 9.75. The molecule has 17 heteroatoms. The number of halogens is 1. The largest absolute Gasteiger partial charge is 0.370 e. The summed E-state index contributed by atoms with van der Waals surface area (Å²) < 4.78 is 0. The van der Waals surface area contributed by atoms with E-state index in [4.69, 9.17) is 28.8 Å². The molecule has 4 aliphatic rings. The lowest BCUT2D eigenvalue weighted by molar-refractivity contribution is -0.146. The number of aliphatic imine (C=N–C) groups is 1. The lowest BCUT2D eigenvalue weighted by Gasteiger charge is -2.43. The third kappa shape index (κ3) is 11.6. The second-order valence-electron chi connectivity index (χ2n) is 15.9. The molecule has 0 unspecified atom stereocenters. The van der Waals surface area contributed by atoms with Crippen LogP contribution in [0.25, 0.3) is 0 Å². The monoisotopic (exact) mass is 812 g/mol. The van der Waals surface area contributed by atoms with Crippen molar-refractivity contribution < 1.29 is 28.8 Å². The minimum Gasteiger partial charge on any atom is -0.370 e. The van der Waals surface area contributed by atoms with Crippen LogP contribution in [-0.2, 0) is 35.2 Å². The van der Waals surface area contributed by atoms with Crippen LogP contribution in [0.2, 0.25) is 5.02 Å². The van der Waals surface area contributed by atoms with Gasteiger partial charge < -0.3 is 48.3 Å². The molecule has 1 aromatic carbocycles. The highest BCUT2D eigenvalue weighted by molar-refractivity contribution is 6.31. The Morgan fingerprint density at radius 3 is 2.04 bits per heavy atom. The standard InChI is InChI=1S/C40H61ClN10O6/c41-27-14-7-6-13-26(27)25-30-37(56)51-24-11-18-32(51)35(54)49-40(19-12-20-40)38(57)48-29(16-9-22-46-39(43)44)36(55)50-23-10-17-31(50)34(53)45-21-8-4-2-1-3-5-15-28(42)33(52)47-30/h6-7,13-14,28-32H,1-5,8-12,15-25,42H2,(H,45,53)(H,47,52)(H,48,57)(H,49,54)(H4,43,44,46)/t28-,29-,30-,31-,32-/m0/s1. The fraction of sp³-hybridized carbons (Fsp3) is 0.675. The zero-order valence-corrected chi connectivity index (χ0v) is 33.7. The molecule has 5 rings (SSSR count). The molecule has 4 fully saturated rings. The fourth-order valence-corrected chi connectivity index (χ4v) is 8.55. The van der Waals surface area contributed by atoms with E-state index in [9.17, 15) is 28.8 Å². The Morgan fingerprint density at radius 2 is 1.39 bits per heavy atom. The molecule has 5 atom stereocenters. The predicted octanol–water partition coefficient (Wildman–Crippen LogP) is 1.11. The van der Waals surface area contributed by atoms with Crippen LogP contribution >= 0.6 is 11.6 Å². The average Bonchev–Trinajstić information content (AvgIpc) is 3.87. The topological polar surface area (TPSA) is 247 Å². The van der Waals surface area contributed by atoms with E-state index < -0.39 is 59.4 Å². The summed E-state index contributed by atoms with van der Waals surface area (Å²) >= 11 is 6.50. The van der Waals surface area contributed by atoms with Crippen molar-refractivity contribution in [3.63, 3.8) is 0 Å². The van der Waals surface area contributed by atoms with Crippen LogP contribution in [0, 0.1) is 0 Å². The second kappa shape index (κ2) is 20.8. The first-order valence-electron chi connectivity index (χ1n) is 20.8. The van der Waals surface area contributed by atoms with Crippen LogP contribution in [0.3, 0.4) is 0 Å². The SMILES string of the molecule is NC(N)=NCCC[C@@H]1NC(=O)C2(CCC2)NC(=O)[C@@H]2CCCN2C(=O)[C@H](Cc2ccccc2Cl)NC(=O)[C@@H](N)CCCCCCCCNC(=O)[C@@H]2CCCN2C1=O. The van der Waals surface area contributed by atoms with E-state index in [-0.39, 0.29) is 43.7 Å². The van der Waals surface area contributed by atoms with Gasteiger partial charge in [-0.2, -0.15) is 0 Å². The Bertz CT molecular complexity index is 1630. The molecule has 6 amide bonds. The van der Waals surface area contributed by atoms with E-state index in [1.165, 1.54) is 4.90 Å². The van der Waals surface area contributed by atoms with Crippen LogP contribution in [0.5, 0.6) is 0 Å². The number of amides is 6. The Morgan fingerprint density at radius 1 is 0.754 bits per heavy atom. The molecule has 16 nitrogen and oxygen atoms in total. The number of nitrogens with two attached hydrogens (primary N) is 3. The van der Waals surface area contributed by atoms with Crippen molar-refractivity contribution in [1.29, 1.82) is 0 Å². The van der Waals surface area contributed by atoms with Gasteiger partial charge in [-0.1, -0.05) is 61.9 Å². The van der Waals surface area contributed by atoms with Gasteiger partial charge in [0.2, 0.25) is 35.4 Å². The fourth-order valence-electron chi connectivity index (χ4n) is 8.34. The molecule has 0 aromatic heterocycles. The summed E-state index contributed by atoms with van der Waals surface area (Å²) in [5.74, 6) is -2.54. The summed E-state index contributed by atoms with van der Waals surface area (Å²) in [7, 11) is 0. The average molecular weight is 813 g/mol. The van der Waals surface area contributed by atoms with E-state index in [1.807, 2.05) is 0 Å². The normalized spacial score (nSPS) is 27.4. The van der Waals surface area contributed by atoms with Crippen molar-refractivity contribution >= 4 is 53.0 Å². The van der Waals surface area contributed by atoms with E-state index in [0.29, 0.717) is 81.5 Å². The summed E-state index contributed by atoms with van der Waals surface area (Å²) in [6, 6.07) is 2.71. The highest BCUT2D eigenvalue weighted by Crippen LogP contribution is 2.34. The number of nitrogens with zero attached hydrogens (tertiary/aromatic N) is 3. The Kier molecular flexibility index (Phi) is 16.0. The molecule has 1 saturated carbocycles. The minimum atomic E-state index is -1.29. The predicted molar refractivity (Wildman–Crippen MR) is 216 cm³/mol. The molecule has 0 bridgehead atoms. The number of hydrogen-bond donors (Lipinski definition) is 7. The van der Waals surface area contributed by atoms with E-state index in [0.717, 1.165) is 38.5 Å². The van der Waals surface area contributed by atoms with E-state index in [2.05, 4.69) is 26.3 Å². The van der Waals surface area contributed by atoms with Gasteiger partial charge in [-0.05, 0) is 82.3 Å². The maximum Gasteiger partial charge on any atom is 0.246 e. The van der Waals surface area contributed by atoms with Gasteiger partial charge in [0.15, 0.2) is 5.96 Å². The first-order valence-corrected chi connectivity index (χ1v) is 21.1. The van der Waals surface area contributed by atoms with Crippen molar-refractivity contribution in [3.8, 4) is 0 Å². The third-order valence-electron chi connectivity index (χ3n) is 11.8. The molecule has 1 aromatic rings. The third-order valence-corrected chi connectivity index (χ3v) is 12.2. The number of benzene rings is 1. The number of nitrogens with one attached hydrogen (secondary N) is 4. The molecule has 1 spiro atoms. The van der Waals surface area contributed by atoms with Crippen LogP contribution in [0.15, 0.2) is 29.3 Å². The molecule has 57 heavy (non-hydrogen) atoms. The van der Waals surface area contributed by atoms with Crippen LogP contribution in [0.1, 0.15) is 108 Å². The van der Waals surface area contributed by atoms with Crippen molar-refractivity contribution in [1.82, 2.24) is 31.1 Å². The first kappa shape index (κ1) is 43.7. The van der Waals surface area contributed by atoms with Gasteiger partial charge in [-0.3, -0.25) is 33.8 Å². The Labute approximate surface area is 340 Å². The quantitative estimate of drug-likeness (QED) is 0.123. The van der Waals surface area contributed by atoms with E-state index >= 15 is 0 Å². The van der Waals surface area contributed by atoms with Crippen LogP contribution in [0.4, 0.5) is 0 Å². The number of fused-ring (bicyclic) bond motifs is 2. The van der Waals surface area contributed by atoms with Crippen LogP contribution < -0.4 is 38.5 Å². The van der Waals surface area contributed by atoms with Gasteiger partial charge in [-0.25, -0.2) is 0 Å². The van der Waals surface area contributed by atoms with E-state index in [1.54, 1.807) is 29.2 Å². The molecule has 314 valence electrons. The van der Waals surface area contributed by atoms with Crippen molar-refractivity contribution in [2.45, 2.75) is 145 Å². The number of guanidine groups is 1. The summed E-state index contributed by atoms with van der Waals surface area (Å²) in [6.07, 6.45) is 9.79. The number of carbonyl (C=O) groups excluding carboxylic acids is 6. The Balaban J connectivity index is 1.39. The summed E-state index contributed by atoms with van der Waals surface area (Å²) in [5, 5.41) is 12.2. The second-order valence-corrected chi connectivity index (χ2v) is 16.4. The van der Waals surface area contributed by atoms with Crippen LogP contribution in [-0.4, -0.2) is 113 Å². The lowest BCUT2D eigenvalue weighted by Crippen LogP contribution is -2.67. The molecule has 3 aliphatic heterocycles. The van der Waals surface area contributed by atoms with Gasteiger partial charge in [0.05, 0.1) is 6.04 Å². The zero-order valence-electron chi connectivity index (χ0n) is 32.9. The summed E-state index contributed by atoms with van der Waals surface area (Å²) in [6.45, 7) is 1.39. The molecule has 3 saturated heterocycles. The summed E-state index contributed by atoms with van der Waals surface area (Å²) in [4.78, 5) is 90.7. The van der Waals surface area contributed by atoms with Crippen molar-refractivity contribution in [2.24, 2.45) is 22.2 Å². The number of hydrogen-bond acceptors (Lipinski definition) is 8. The van der Waals surface area contributed by atoms with Gasteiger partial charge in [0.1, 0.15) is 29.7 Å². The van der Waals surface area contributed by atoms with Crippen molar-refractivity contribution in [2.75, 3.05) is 26.2 Å². The smallest absolute Gasteiger partial charge is 0.246 e. The van der Waals surface area contributed by atoms with Crippen molar-refractivity contribution in [3.05, 3.63) is 34.9 Å². The number of carbonyl (C=O) groups is 6. The van der Waals surface area contributed by atoms with Gasteiger partial charge in [0.25, 0.3) is 0 Å². The molecule has 0 radical (unpaired) electrons. The first-order chi connectivity index (χ1) is 27.4. The Hall–Kier alpha value is -4.44. The number of rotatable bonds is 6. The van der Waals surface area contributed by atoms with Gasteiger partial charge >= 0.3 is 0 Å². The zero-order chi connectivity index (χ0) is 41.0. The highest BCUT2D eigenvalue weighted by Gasteiger charge is 2.49. The molecule has 10 N–H and O–H groups in total. The molecular formula is C40H61ClN10O6. The maximum atomic E-state index is 14.3. The molecular weight excluding hydrogens is 752 g/mol. The van der Waals surface area contributed by atoms with Gasteiger partial charge in [0, 0.05) is 37.6 Å². The molecule has 3 heterocycles. The maximum absolute atomic E-state index is 14.3. The highest BCUT2D eigenvalue weighted by atomic mass is 35.5. The summed E-state index contributed by atoms with van der Waals surface area (Å²) in [5.41, 5.74) is 16.8. The molecule has 1 aliphatic carbocycles. The van der Waals surface area contributed by atoms with Gasteiger partial charge in [-0.15, -0.1) is 0 Å². The minimum absolute atomic E-state index is 0.0851.